The van der Waals surface area contributed by atoms with Crippen LogP contribution >= 0.6 is 0 Å². The highest BCUT2D eigenvalue weighted by Gasteiger charge is 2.34. The first-order valence-electron chi connectivity index (χ1n) is 12.8. The minimum atomic E-state index is -0.493. The van der Waals surface area contributed by atoms with Crippen LogP contribution in [0.4, 0.5) is 0 Å². The molecular formula is C31H34N2O3. The second-order valence-corrected chi connectivity index (χ2v) is 9.84. The molecule has 4 aromatic rings. The minimum absolute atomic E-state index is 0.00690. The third-order valence-corrected chi connectivity index (χ3v) is 6.65. The molecule has 1 saturated heterocycles. The number of benzene rings is 3. The Labute approximate surface area is 213 Å². The van der Waals surface area contributed by atoms with Gasteiger partial charge in [0.25, 0.3) is 0 Å². The van der Waals surface area contributed by atoms with Gasteiger partial charge in [-0.15, -0.1) is 0 Å². The second kappa shape index (κ2) is 11.7. The molecule has 0 amide bonds. The van der Waals surface area contributed by atoms with E-state index in [2.05, 4.69) is 48.3 Å². The zero-order valence-electron chi connectivity index (χ0n) is 20.9. The number of hydrogen-bond donors (Lipinski definition) is 1. The number of aromatic nitrogens is 2. The molecule has 5 rings (SSSR count). The van der Waals surface area contributed by atoms with E-state index in [0.29, 0.717) is 25.6 Å². The van der Waals surface area contributed by atoms with Crippen LogP contribution in [0.3, 0.4) is 0 Å². The number of unbranched alkanes of at least 4 members (excludes halogenated alkanes) is 1. The fourth-order valence-corrected chi connectivity index (χ4v) is 4.59. The van der Waals surface area contributed by atoms with Gasteiger partial charge in [-0.2, -0.15) is 0 Å². The lowest BCUT2D eigenvalue weighted by molar-refractivity contribution is -0.235. The highest BCUT2D eigenvalue weighted by Crippen LogP contribution is 2.37. The SMILES string of the molecule is CC1(CCCCOCc2ccccc2)COC(c2nc(-c3ccccc3)c(-c3ccccc3)[nH]2)OC1. The van der Waals surface area contributed by atoms with Gasteiger partial charge in [-0.1, -0.05) is 104 Å². The van der Waals surface area contributed by atoms with Crippen molar-refractivity contribution in [3.8, 4) is 22.5 Å². The van der Waals surface area contributed by atoms with E-state index >= 15 is 0 Å². The highest BCUT2D eigenvalue weighted by atomic mass is 16.7. The number of aromatic amines is 1. The predicted octanol–water partition coefficient (Wildman–Crippen LogP) is 7.18. The first kappa shape index (κ1) is 24.4. The van der Waals surface area contributed by atoms with E-state index in [-0.39, 0.29) is 5.41 Å². The summed E-state index contributed by atoms with van der Waals surface area (Å²) in [6.07, 6.45) is 2.66. The van der Waals surface area contributed by atoms with Gasteiger partial charge in [-0.3, -0.25) is 0 Å². The van der Waals surface area contributed by atoms with Crippen LogP contribution < -0.4 is 0 Å². The minimum Gasteiger partial charge on any atom is -0.377 e. The second-order valence-electron chi connectivity index (χ2n) is 9.84. The van der Waals surface area contributed by atoms with Gasteiger partial charge in [0.2, 0.25) is 6.29 Å². The van der Waals surface area contributed by atoms with Crippen molar-refractivity contribution in [1.29, 1.82) is 0 Å². The molecule has 5 nitrogen and oxygen atoms in total. The molecule has 186 valence electrons. The average Bonchev–Trinajstić information content (AvgIpc) is 3.38. The molecule has 1 aromatic heterocycles. The monoisotopic (exact) mass is 482 g/mol. The molecule has 0 spiro atoms. The summed E-state index contributed by atoms with van der Waals surface area (Å²) in [5.41, 5.74) is 5.25. The van der Waals surface area contributed by atoms with E-state index in [1.54, 1.807) is 0 Å². The third-order valence-electron chi connectivity index (χ3n) is 6.65. The first-order chi connectivity index (χ1) is 17.7. The van der Waals surface area contributed by atoms with Crippen molar-refractivity contribution >= 4 is 0 Å². The Hall–Kier alpha value is -3.25. The van der Waals surface area contributed by atoms with Crippen molar-refractivity contribution in [1.82, 2.24) is 9.97 Å². The first-order valence-corrected chi connectivity index (χ1v) is 12.8. The number of H-pyrrole nitrogens is 1. The van der Waals surface area contributed by atoms with Gasteiger partial charge in [0, 0.05) is 23.1 Å². The zero-order valence-corrected chi connectivity index (χ0v) is 20.9. The fourth-order valence-electron chi connectivity index (χ4n) is 4.59. The maximum absolute atomic E-state index is 6.21. The number of nitrogens with zero attached hydrogens (tertiary/aromatic N) is 1. The third kappa shape index (κ3) is 6.11. The summed E-state index contributed by atoms with van der Waals surface area (Å²) in [7, 11) is 0. The van der Waals surface area contributed by atoms with E-state index in [1.165, 1.54) is 5.56 Å². The number of nitrogens with one attached hydrogen (secondary N) is 1. The molecule has 0 saturated carbocycles. The number of hydrogen-bond acceptors (Lipinski definition) is 4. The summed E-state index contributed by atoms with van der Waals surface area (Å²) in [4.78, 5) is 8.42. The summed E-state index contributed by atoms with van der Waals surface area (Å²) in [6.45, 7) is 4.97. The molecule has 3 aromatic carbocycles. The Kier molecular flexibility index (Phi) is 7.91. The predicted molar refractivity (Wildman–Crippen MR) is 142 cm³/mol. The largest absolute Gasteiger partial charge is 0.377 e. The van der Waals surface area contributed by atoms with Crippen LogP contribution in [-0.4, -0.2) is 29.8 Å². The lowest BCUT2D eigenvalue weighted by Crippen LogP contribution is -2.36. The van der Waals surface area contributed by atoms with Crippen LogP contribution in [0.2, 0.25) is 0 Å². The van der Waals surface area contributed by atoms with Crippen molar-refractivity contribution < 1.29 is 14.2 Å². The Balaban J connectivity index is 1.16. The maximum Gasteiger partial charge on any atom is 0.217 e. The van der Waals surface area contributed by atoms with Crippen molar-refractivity contribution in [2.24, 2.45) is 5.41 Å². The smallest absolute Gasteiger partial charge is 0.217 e. The summed E-state index contributed by atoms with van der Waals surface area (Å²) >= 11 is 0. The van der Waals surface area contributed by atoms with E-state index in [9.17, 15) is 0 Å². The van der Waals surface area contributed by atoms with Gasteiger partial charge >= 0.3 is 0 Å². The zero-order chi connectivity index (χ0) is 24.6. The number of imidazole rings is 1. The molecule has 36 heavy (non-hydrogen) atoms. The topological polar surface area (TPSA) is 56.4 Å². The fraction of sp³-hybridized carbons (Fsp3) is 0.323. The molecule has 2 heterocycles. The molecule has 1 fully saturated rings. The Morgan fingerprint density at radius 2 is 1.44 bits per heavy atom. The van der Waals surface area contributed by atoms with E-state index < -0.39 is 6.29 Å². The Bertz CT molecular complexity index is 1140. The van der Waals surface area contributed by atoms with Gasteiger partial charge in [-0.05, 0) is 18.4 Å². The van der Waals surface area contributed by atoms with Crippen LogP contribution in [0.25, 0.3) is 22.5 Å². The molecule has 0 unspecified atom stereocenters. The van der Waals surface area contributed by atoms with Crippen molar-refractivity contribution in [3.05, 3.63) is 102 Å². The molecule has 0 bridgehead atoms. The normalized spacial score (nSPS) is 19.9. The van der Waals surface area contributed by atoms with Crippen molar-refractivity contribution in [2.45, 2.75) is 39.1 Å². The van der Waals surface area contributed by atoms with E-state index in [0.717, 1.165) is 48.4 Å². The average molecular weight is 483 g/mol. The molecular weight excluding hydrogens is 448 g/mol. The molecule has 1 aliphatic rings. The van der Waals surface area contributed by atoms with Gasteiger partial charge in [0.15, 0.2) is 5.82 Å². The number of rotatable bonds is 10. The van der Waals surface area contributed by atoms with Gasteiger partial charge in [0.1, 0.15) is 0 Å². The number of ether oxygens (including phenoxy) is 3. The molecule has 0 aliphatic carbocycles. The van der Waals surface area contributed by atoms with Crippen LogP contribution in [0.5, 0.6) is 0 Å². The van der Waals surface area contributed by atoms with Crippen LogP contribution in [-0.2, 0) is 20.8 Å². The van der Waals surface area contributed by atoms with E-state index in [4.69, 9.17) is 19.2 Å². The lowest BCUT2D eigenvalue weighted by atomic mass is 9.86. The quantitative estimate of drug-likeness (QED) is 0.243. The van der Waals surface area contributed by atoms with Gasteiger partial charge in [0.05, 0.1) is 31.2 Å². The van der Waals surface area contributed by atoms with Crippen LogP contribution in [0.15, 0.2) is 91.0 Å². The summed E-state index contributed by atoms with van der Waals surface area (Å²) in [5.74, 6) is 0.712. The molecule has 0 radical (unpaired) electrons. The standard InChI is InChI=1S/C31H34N2O3/c1-31(19-11-12-20-34-21-24-13-5-2-6-14-24)22-35-30(36-23-31)29-32-27(25-15-7-3-8-16-25)28(33-29)26-17-9-4-10-18-26/h2-10,13-18,30H,11-12,19-23H2,1H3,(H,32,33). The summed E-state index contributed by atoms with van der Waals surface area (Å²) < 4.78 is 18.2. The van der Waals surface area contributed by atoms with Gasteiger partial charge < -0.3 is 19.2 Å². The Morgan fingerprint density at radius 1 is 0.833 bits per heavy atom. The highest BCUT2D eigenvalue weighted by molar-refractivity contribution is 5.78. The van der Waals surface area contributed by atoms with Crippen molar-refractivity contribution in [3.63, 3.8) is 0 Å². The summed E-state index contributed by atoms with van der Waals surface area (Å²) in [5, 5.41) is 0. The molecule has 1 N–H and O–H groups in total. The lowest BCUT2D eigenvalue weighted by Gasteiger charge is -2.36. The van der Waals surface area contributed by atoms with Crippen LogP contribution in [0, 0.1) is 5.41 Å². The van der Waals surface area contributed by atoms with E-state index in [1.807, 2.05) is 54.6 Å². The Morgan fingerprint density at radius 3 is 2.11 bits per heavy atom. The molecule has 5 heteroatoms. The van der Waals surface area contributed by atoms with Crippen LogP contribution in [0.1, 0.15) is 43.9 Å². The molecule has 1 aliphatic heterocycles. The molecule has 0 atom stereocenters. The summed E-state index contributed by atoms with van der Waals surface area (Å²) in [6, 6.07) is 30.8. The van der Waals surface area contributed by atoms with Gasteiger partial charge in [-0.25, -0.2) is 4.98 Å². The maximum atomic E-state index is 6.21. The van der Waals surface area contributed by atoms with Crippen molar-refractivity contribution in [2.75, 3.05) is 19.8 Å².